The van der Waals surface area contributed by atoms with Crippen LogP contribution >= 0.6 is 11.3 Å². The normalized spacial score (nSPS) is 12.1. The van der Waals surface area contributed by atoms with Gasteiger partial charge in [-0.2, -0.15) is 5.10 Å². The molecular formula is C28H33N5O2S. The molecule has 188 valence electrons. The highest BCUT2D eigenvalue weighted by Crippen LogP contribution is 2.33. The van der Waals surface area contributed by atoms with Crippen LogP contribution < -0.4 is 10.1 Å². The van der Waals surface area contributed by atoms with Crippen molar-refractivity contribution in [3.8, 4) is 27.3 Å². The number of rotatable bonds is 9. The number of hydrogen-bond acceptors (Lipinski definition) is 6. The third-order valence-electron chi connectivity index (χ3n) is 6.01. The molecule has 7 nitrogen and oxygen atoms in total. The maximum absolute atomic E-state index is 13.3. The van der Waals surface area contributed by atoms with Crippen molar-refractivity contribution in [2.45, 2.75) is 26.8 Å². The first-order valence-electron chi connectivity index (χ1n) is 12.0. The molecule has 0 bridgehead atoms. The summed E-state index contributed by atoms with van der Waals surface area (Å²) in [6, 6.07) is 11.9. The number of hydrogen-bond donors (Lipinski definition) is 1. The van der Waals surface area contributed by atoms with E-state index in [0.717, 1.165) is 44.2 Å². The summed E-state index contributed by atoms with van der Waals surface area (Å²) in [5.74, 6) is 0.571. The van der Waals surface area contributed by atoms with Crippen LogP contribution in [0.4, 0.5) is 0 Å². The van der Waals surface area contributed by atoms with Gasteiger partial charge < -0.3 is 15.0 Å². The minimum atomic E-state index is -0.209. The molecule has 2 heterocycles. The third kappa shape index (κ3) is 6.19. The zero-order valence-corrected chi connectivity index (χ0v) is 22.5. The molecule has 8 heteroatoms. The lowest BCUT2D eigenvalue weighted by Gasteiger charge is -2.18. The first-order valence-corrected chi connectivity index (χ1v) is 12.8. The summed E-state index contributed by atoms with van der Waals surface area (Å²) in [6.45, 7) is 7.32. The zero-order valence-electron chi connectivity index (χ0n) is 21.7. The summed E-state index contributed by atoms with van der Waals surface area (Å²) < 4.78 is 7.64. The second kappa shape index (κ2) is 11.1. The van der Waals surface area contributed by atoms with Crippen LogP contribution in [0.1, 0.15) is 39.5 Å². The van der Waals surface area contributed by atoms with Crippen molar-refractivity contribution in [2.24, 2.45) is 7.05 Å². The van der Waals surface area contributed by atoms with E-state index >= 15 is 0 Å². The molecule has 36 heavy (non-hydrogen) atoms. The monoisotopic (exact) mass is 503 g/mol. The predicted molar refractivity (Wildman–Crippen MR) is 146 cm³/mol. The molecule has 1 amide bonds. The maximum atomic E-state index is 13.3. The Balaban J connectivity index is 1.60. The minimum Gasteiger partial charge on any atom is -0.492 e. The van der Waals surface area contributed by atoms with Crippen LogP contribution in [0.5, 0.6) is 5.75 Å². The molecule has 0 saturated carbocycles. The van der Waals surface area contributed by atoms with Gasteiger partial charge in [0.25, 0.3) is 5.91 Å². The Kier molecular flexibility index (Phi) is 7.86. The highest BCUT2D eigenvalue weighted by molar-refractivity contribution is 7.15. The van der Waals surface area contributed by atoms with Gasteiger partial charge in [-0.05, 0) is 87.5 Å². The first-order chi connectivity index (χ1) is 17.2. The number of benzene rings is 2. The Hall–Kier alpha value is -3.49. The molecule has 0 spiro atoms. The van der Waals surface area contributed by atoms with Crippen molar-refractivity contribution in [3.05, 3.63) is 76.7 Å². The summed E-state index contributed by atoms with van der Waals surface area (Å²) >= 11 is 1.66. The van der Waals surface area contributed by atoms with E-state index in [0.29, 0.717) is 17.9 Å². The van der Waals surface area contributed by atoms with E-state index in [1.54, 1.807) is 16.0 Å². The Morgan fingerprint density at radius 3 is 2.56 bits per heavy atom. The van der Waals surface area contributed by atoms with E-state index < -0.39 is 0 Å². The Bertz CT molecular complexity index is 1300. The fraction of sp³-hybridized carbons (Fsp3) is 0.321. The number of amides is 1. The zero-order chi connectivity index (χ0) is 25.8. The summed E-state index contributed by atoms with van der Waals surface area (Å²) in [5.41, 5.74) is 5.69. The average molecular weight is 504 g/mol. The smallest absolute Gasteiger partial charge is 0.252 e. The Labute approximate surface area is 216 Å². The van der Waals surface area contributed by atoms with E-state index in [1.165, 1.54) is 0 Å². The van der Waals surface area contributed by atoms with E-state index in [2.05, 4.69) is 38.5 Å². The van der Waals surface area contributed by atoms with Crippen LogP contribution in [-0.4, -0.2) is 52.8 Å². The van der Waals surface area contributed by atoms with Crippen molar-refractivity contribution >= 4 is 17.2 Å². The van der Waals surface area contributed by atoms with Gasteiger partial charge in [-0.1, -0.05) is 6.07 Å². The van der Waals surface area contributed by atoms with E-state index in [9.17, 15) is 4.79 Å². The number of thiazole rings is 1. The lowest BCUT2D eigenvalue weighted by molar-refractivity contribution is 0.0938. The van der Waals surface area contributed by atoms with Gasteiger partial charge in [-0.15, -0.1) is 11.3 Å². The molecule has 2 aromatic carbocycles. The molecule has 0 aliphatic carbocycles. The number of aryl methyl sites for hydroxylation is 3. The van der Waals surface area contributed by atoms with Crippen molar-refractivity contribution in [2.75, 3.05) is 27.2 Å². The molecule has 1 atom stereocenters. The molecular weight excluding hydrogens is 470 g/mol. The highest BCUT2D eigenvalue weighted by Gasteiger charge is 2.17. The van der Waals surface area contributed by atoms with Crippen molar-refractivity contribution in [1.29, 1.82) is 0 Å². The number of likely N-dealkylation sites (N-methyl/N-ethyl adjacent to an activating group) is 1. The van der Waals surface area contributed by atoms with Crippen molar-refractivity contribution in [3.63, 3.8) is 0 Å². The van der Waals surface area contributed by atoms with Crippen LogP contribution in [0.25, 0.3) is 21.6 Å². The van der Waals surface area contributed by atoms with Crippen molar-refractivity contribution < 1.29 is 9.53 Å². The van der Waals surface area contributed by atoms with Crippen LogP contribution in [0.3, 0.4) is 0 Å². The summed E-state index contributed by atoms with van der Waals surface area (Å²) in [6.07, 6.45) is 5.75. The van der Waals surface area contributed by atoms with Crippen molar-refractivity contribution in [1.82, 2.24) is 25.0 Å². The fourth-order valence-electron chi connectivity index (χ4n) is 3.92. The van der Waals surface area contributed by atoms with Crippen LogP contribution in [0.15, 0.2) is 55.0 Å². The number of nitrogens with zero attached hydrogens (tertiary/aromatic N) is 4. The van der Waals surface area contributed by atoms with E-state index in [4.69, 9.17) is 4.74 Å². The standard InChI is InChI=1S/C28H33N5O2S/c1-18-7-8-25(35-10-9-32(4)5)14-26(18)28(34)31-19(2)21-11-22(24-15-30-33(6)17-24)13-23(12-21)27-16-29-20(3)36-27/h7-8,11-17,19H,9-10H2,1-6H3,(H,31,34)/t19-/m1/s1. The molecule has 4 aromatic rings. The van der Waals surface area contributed by atoms with Gasteiger partial charge in [0, 0.05) is 37.1 Å². The van der Waals surface area contributed by atoms with Gasteiger partial charge in [0.2, 0.25) is 0 Å². The van der Waals surface area contributed by atoms with E-state index in [1.807, 2.05) is 78.7 Å². The summed E-state index contributed by atoms with van der Waals surface area (Å²) in [5, 5.41) is 8.54. The fourth-order valence-corrected chi connectivity index (χ4v) is 4.68. The Morgan fingerprint density at radius 1 is 1.11 bits per heavy atom. The topological polar surface area (TPSA) is 72.3 Å². The second-order valence-electron chi connectivity index (χ2n) is 9.31. The van der Waals surface area contributed by atoms with Crippen LogP contribution in [0.2, 0.25) is 0 Å². The third-order valence-corrected chi connectivity index (χ3v) is 6.97. The number of carbonyl (C=O) groups is 1. The van der Waals surface area contributed by atoms with Gasteiger partial charge >= 0.3 is 0 Å². The van der Waals surface area contributed by atoms with E-state index in [-0.39, 0.29) is 11.9 Å². The SMILES string of the molecule is Cc1ncc(-c2cc(-c3cnn(C)c3)cc([C@@H](C)NC(=O)c3cc(OCCN(C)C)ccc3C)c2)s1. The molecule has 2 aromatic heterocycles. The second-order valence-corrected chi connectivity index (χ2v) is 10.5. The maximum Gasteiger partial charge on any atom is 0.252 e. The molecule has 0 saturated heterocycles. The molecule has 0 fully saturated rings. The van der Waals surface area contributed by atoms with Gasteiger partial charge in [-0.3, -0.25) is 9.48 Å². The molecule has 1 N–H and O–H groups in total. The quantitative estimate of drug-likeness (QED) is 0.337. The lowest BCUT2D eigenvalue weighted by atomic mass is 9.97. The van der Waals surface area contributed by atoms with Crippen LogP contribution in [0, 0.1) is 13.8 Å². The molecule has 0 aliphatic heterocycles. The number of carbonyl (C=O) groups excluding carboxylic acids is 1. The molecule has 0 radical (unpaired) electrons. The number of ether oxygens (including phenoxy) is 1. The molecule has 0 aliphatic rings. The Morgan fingerprint density at radius 2 is 1.89 bits per heavy atom. The van der Waals surface area contributed by atoms with Gasteiger partial charge in [0.15, 0.2) is 0 Å². The lowest BCUT2D eigenvalue weighted by Crippen LogP contribution is -2.27. The first kappa shape index (κ1) is 25.6. The molecule has 4 rings (SSSR count). The van der Waals surface area contributed by atoms with Gasteiger partial charge in [0.1, 0.15) is 12.4 Å². The van der Waals surface area contributed by atoms with Gasteiger partial charge in [0.05, 0.1) is 22.1 Å². The summed E-state index contributed by atoms with van der Waals surface area (Å²) in [7, 11) is 5.91. The minimum absolute atomic E-state index is 0.125. The number of aromatic nitrogens is 3. The average Bonchev–Trinajstić information content (AvgIpc) is 3.47. The van der Waals surface area contributed by atoms with Gasteiger partial charge in [-0.25, -0.2) is 4.98 Å². The highest BCUT2D eigenvalue weighted by atomic mass is 32.1. The summed E-state index contributed by atoms with van der Waals surface area (Å²) in [4.78, 5) is 20.9. The number of nitrogens with one attached hydrogen (secondary N) is 1. The molecule has 0 unspecified atom stereocenters. The van der Waals surface area contributed by atoms with Crippen LogP contribution in [-0.2, 0) is 7.05 Å². The largest absolute Gasteiger partial charge is 0.492 e. The predicted octanol–water partition coefficient (Wildman–Crippen LogP) is 5.26.